The molecule has 0 aromatic heterocycles. The van der Waals surface area contributed by atoms with Gasteiger partial charge in [0.25, 0.3) is 0 Å². The van der Waals surface area contributed by atoms with Crippen molar-refractivity contribution in [3.05, 3.63) is 40.3 Å². The van der Waals surface area contributed by atoms with Gasteiger partial charge < -0.3 is 24.7 Å². The van der Waals surface area contributed by atoms with Gasteiger partial charge in [0.15, 0.2) is 5.78 Å². The summed E-state index contributed by atoms with van der Waals surface area (Å²) >= 11 is 0. The van der Waals surface area contributed by atoms with Gasteiger partial charge in [0.1, 0.15) is 23.8 Å². The molecular formula is C25H32FN2O6+. The molecule has 8 nitrogen and oxygen atoms in total. The van der Waals surface area contributed by atoms with Crippen LogP contribution < -0.4 is 0 Å². The third-order valence-electron chi connectivity index (χ3n) is 7.98. The minimum absolute atomic E-state index is 0.0143. The summed E-state index contributed by atoms with van der Waals surface area (Å²) in [6.45, 7) is 6.69. The number of β-lactam (4-membered cyclic amide) rings is 1. The van der Waals surface area contributed by atoms with Crippen LogP contribution in [0.2, 0.25) is 0 Å². The second-order valence-electron chi connectivity index (χ2n) is 10.5. The Morgan fingerprint density at radius 3 is 2.62 bits per heavy atom. The molecule has 34 heavy (non-hydrogen) atoms. The first kappa shape index (κ1) is 24.3. The smallest absolute Gasteiger partial charge is 0.352 e. The Morgan fingerprint density at radius 1 is 1.32 bits per heavy atom. The number of aliphatic hydroxyl groups excluding tert-OH is 1. The molecule has 1 amide bonds. The third-order valence-corrected chi connectivity index (χ3v) is 7.98. The molecule has 3 aliphatic rings. The Balaban J connectivity index is 1.49. The molecule has 1 aromatic carbocycles. The van der Waals surface area contributed by atoms with Crippen LogP contribution in [-0.2, 0) is 9.59 Å². The lowest BCUT2D eigenvalue weighted by Gasteiger charge is -2.46. The highest BCUT2D eigenvalue weighted by Gasteiger charge is 2.60. The fourth-order valence-electron chi connectivity index (χ4n) is 6.14. The van der Waals surface area contributed by atoms with Gasteiger partial charge in [0.05, 0.1) is 43.8 Å². The third kappa shape index (κ3) is 3.80. The predicted octanol–water partition coefficient (Wildman–Crippen LogP) is 2.08. The zero-order valence-electron chi connectivity index (χ0n) is 19.9. The van der Waals surface area contributed by atoms with Gasteiger partial charge in [0, 0.05) is 35.8 Å². The number of likely N-dealkylation sites (N-methyl/N-ethyl adjacent to an activating group) is 1. The number of aromatic hydroxyl groups is 1. The number of carbonyl (C=O) groups excluding carboxylic acids is 2. The van der Waals surface area contributed by atoms with Gasteiger partial charge in [-0.1, -0.05) is 6.92 Å². The quantitative estimate of drug-likeness (QED) is 0.316. The van der Waals surface area contributed by atoms with Crippen molar-refractivity contribution in [2.75, 3.05) is 26.7 Å². The zero-order valence-corrected chi connectivity index (χ0v) is 19.9. The number of hydrogen-bond donors (Lipinski definition) is 3. The number of ketones is 1. The summed E-state index contributed by atoms with van der Waals surface area (Å²) < 4.78 is 15.0. The summed E-state index contributed by atoms with van der Waals surface area (Å²) in [5.74, 6) is -3.46. The van der Waals surface area contributed by atoms with Gasteiger partial charge in [-0.15, -0.1) is 0 Å². The summed E-state index contributed by atoms with van der Waals surface area (Å²) in [4.78, 5) is 38.8. The maximum Gasteiger partial charge on any atom is 0.352 e. The average molecular weight is 476 g/mol. The molecule has 9 heteroatoms. The van der Waals surface area contributed by atoms with Crippen molar-refractivity contribution < 1.29 is 38.6 Å². The molecule has 3 aliphatic heterocycles. The number of aliphatic hydroxyl groups is 1. The fourth-order valence-corrected chi connectivity index (χ4v) is 6.14. The number of benzene rings is 1. The number of carbonyl (C=O) groups is 3. The zero-order chi connectivity index (χ0) is 25.1. The monoisotopic (exact) mass is 475 g/mol. The van der Waals surface area contributed by atoms with Crippen LogP contribution in [0.1, 0.15) is 42.6 Å². The van der Waals surface area contributed by atoms with Crippen molar-refractivity contribution in [1.82, 2.24) is 4.90 Å². The highest BCUT2D eigenvalue weighted by molar-refractivity contribution is 6.00. The number of phenolic OH excluding ortho intramolecular Hbond substituents is 1. The van der Waals surface area contributed by atoms with E-state index in [0.717, 1.165) is 13.0 Å². The number of quaternary nitrogens is 1. The maximum absolute atomic E-state index is 14.5. The van der Waals surface area contributed by atoms with Crippen LogP contribution in [0.15, 0.2) is 23.4 Å². The van der Waals surface area contributed by atoms with Gasteiger partial charge in [-0.2, -0.15) is 0 Å². The molecule has 0 bridgehead atoms. The molecule has 0 aliphatic carbocycles. The number of hydrogen-bond acceptors (Lipinski definition) is 5. The van der Waals surface area contributed by atoms with E-state index in [-0.39, 0.29) is 58.6 Å². The molecule has 6 atom stereocenters. The van der Waals surface area contributed by atoms with Gasteiger partial charge in [0.2, 0.25) is 5.91 Å². The van der Waals surface area contributed by atoms with Gasteiger partial charge in [-0.25, -0.2) is 9.18 Å². The Morgan fingerprint density at radius 2 is 2.00 bits per heavy atom. The normalized spacial score (nSPS) is 31.5. The lowest BCUT2D eigenvalue weighted by atomic mass is 9.77. The molecule has 4 rings (SSSR count). The molecule has 0 saturated carbocycles. The largest absolute Gasteiger partial charge is 0.508 e. The fraction of sp³-hybridized carbons (Fsp3) is 0.560. The highest BCUT2D eigenvalue weighted by Crippen LogP contribution is 2.48. The second-order valence-corrected chi connectivity index (χ2v) is 10.5. The number of halogens is 1. The van der Waals surface area contributed by atoms with Crippen LogP contribution in [0.3, 0.4) is 0 Å². The maximum atomic E-state index is 14.5. The molecule has 1 unspecified atom stereocenters. The average Bonchev–Trinajstić information content (AvgIpc) is 3.22. The van der Waals surface area contributed by atoms with Crippen LogP contribution in [0, 0.1) is 30.5 Å². The number of fused-ring (bicyclic) bond motifs is 1. The summed E-state index contributed by atoms with van der Waals surface area (Å²) in [5.41, 5.74) is 0.753. The van der Waals surface area contributed by atoms with Gasteiger partial charge >= 0.3 is 5.97 Å². The van der Waals surface area contributed by atoms with Crippen molar-refractivity contribution in [3.63, 3.8) is 0 Å². The van der Waals surface area contributed by atoms with E-state index in [1.165, 1.54) is 24.0 Å². The van der Waals surface area contributed by atoms with Crippen molar-refractivity contribution in [3.8, 4) is 5.75 Å². The van der Waals surface area contributed by atoms with Crippen molar-refractivity contribution in [1.29, 1.82) is 0 Å². The first-order chi connectivity index (χ1) is 15.9. The van der Waals surface area contributed by atoms with Crippen LogP contribution >= 0.6 is 0 Å². The van der Waals surface area contributed by atoms with E-state index in [1.807, 2.05) is 14.0 Å². The van der Waals surface area contributed by atoms with Crippen LogP contribution in [0.4, 0.5) is 4.39 Å². The number of phenols is 1. The first-order valence-electron chi connectivity index (χ1n) is 11.7. The van der Waals surface area contributed by atoms with Crippen LogP contribution in [-0.4, -0.2) is 81.2 Å². The molecule has 3 heterocycles. The summed E-state index contributed by atoms with van der Waals surface area (Å²) in [6, 6.07) is 2.29. The molecular weight excluding hydrogens is 443 g/mol. The van der Waals surface area contributed by atoms with Crippen molar-refractivity contribution >= 4 is 17.7 Å². The van der Waals surface area contributed by atoms with E-state index in [2.05, 4.69) is 0 Å². The molecule has 3 N–H and O–H groups in total. The SMILES string of the molecule is Cc1c(O)ccc(C(=O)C[C@@H]2CC[N+](C)(CC3=C(C(=O)O)N4C(=O)[C@H]([C@@H](C)O)[C@H]4[C@H]3C)C2)c1F. The molecule has 1 aromatic rings. The first-order valence-corrected chi connectivity index (χ1v) is 11.7. The van der Waals surface area contributed by atoms with Crippen molar-refractivity contribution in [2.24, 2.45) is 17.8 Å². The molecule has 0 spiro atoms. The number of carboxylic acid groups (broad SMARTS) is 1. The number of rotatable bonds is 7. The van der Waals surface area contributed by atoms with E-state index in [0.29, 0.717) is 23.1 Å². The van der Waals surface area contributed by atoms with Gasteiger partial charge in [-0.3, -0.25) is 9.59 Å². The number of aliphatic carboxylic acids is 1. The predicted molar refractivity (Wildman–Crippen MR) is 120 cm³/mol. The molecule has 0 radical (unpaired) electrons. The highest BCUT2D eigenvalue weighted by atomic mass is 19.1. The van der Waals surface area contributed by atoms with E-state index in [4.69, 9.17) is 0 Å². The van der Waals surface area contributed by atoms with Crippen LogP contribution in [0.5, 0.6) is 5.75 Å². The summed E-state index contributed by atoms with van der Waals surface area (Å²) in [5, 5.41) is 29.5. The summed E-state index contributed by atoms with van der Waals surface area (Å²) in [7, 11) is 2.01. The molecule has 2 saturated heterocycles. The number of amides is 1. The Kier molecular flexibility index (Phi) is 6.06. The van der Waals surface area contributed by atoms with E-state index in [1.54, 1.807) is 6.92 Å². The van der Waals surface area contributed by atoms with Crippen LogP contribution in [0.25, 0.3) is 0 Å². The minimum atomic E-state index is -1.14. The van der Waals surface area contributed by atoms with E-state index < -0.39 is 23.8 Å². The number of nitrogens with zero attached hydrogens (tertiary/aromatic N) is 2. The lowest BCUT2D eigenvalue weighted by Crippen LogP contribution is -2.63. The number of Topliss-reactive ketones (excluding diaryl/α,β-unsaturated/α-hetero) is 1. The molecule has 2 fully saturated rings. The Hall–Kier alpha value is -2.78. The summed E-state index contributed by atoms with van der Waals surface area (Å²) in [6.07, 6.45) is 0.0709. The topological polar surface area (TPSA) is 115 Å². The Labute approximate surface area is 197 Å². The minimum Gasteiger partial charge on any atom is -0.508 e. The molecule has 184 valence electrons. The number of carboxylic acids is 1. The number of likely N-dealkylation sites (tertiary alicyclic amines) is 1. The Bertz CT molecular complexity index is 1100. The van der Waals surface area contributed by atoms with Gasteiger partial charge in [-0.05, 0) is 26.0 Å². The van der Waals surface area contributed by atoms with E-state index >= 15 is 0 Å². The standard InChI is InChI=1S/C25H31FN2O6/c1-12-17(23(25(33)34)27-22(12)20(14(3)29)24(27)32)11-28(4)8-7-15(10-28)9-19(31)16-5-6-18(30)13(2)21(16)26/h5-6,12,14-15,20,22,29H,7-11H2,1-4H3,(H-,30,31,33,34)/p+1/t12-,14+,15-,20+,22+,28?/m0/s1. The lowest BCUT2D eigenvalue weighted by molar-refractivity contribution is -0.894. The second kappa shape index (κ2) is 8.46. The van der Waals surface area contributed by atoms with Crippen molar-refractivity contribution in [2.45, 2.75) is 45.8 Å². The van der Waals surface area contributed by atoms with E-state index in [9.17, 15) is 34.1 Å².